The third-order valence-electron chi connectivity index (χ3n) is 2.83. The normalized spacial score (nSPS) is 10.6. The highest BCUT2D eigenvalue weighted by atomic mass is 35.5. The maximum Gasteiger partial charge on any atom is 0.226 e. The number of halogens is 1. The van der Waals surface area contributed by atoms with Crippen LogP contribution in [0.1, 0.15) is 12.1 Å². The highest BCUT2D eigenvalue weighted by Crippen LogP contribution is 2.25. The van der Waals surface area contributed by atoms with Gasteiger partial charge in [0, 0.05) is 36.2 Å². The van der Waals surface area contributed by atoms with Crippen LogP contribution in [-0.2, 0) is 16.0 Å². The van der Waals surface area contributed by atoms with E-state index in [9.17, 15) is 4.79 Å². The van der Waals surface area contributed by atoms with Gasteiger partial charge < -0.3 is 10.1 Å². The van der Waals surface area contributed by atoms with Gasteiger partial charge >= 0.3 is 0 Å². The van der Waals surface area contributed by atoms with E-state index in [1.165, 1.54) is 11.3 Å². The predicted octanol–water partition coefficient (Wildman–Crippen LogP) is 3.16. The molecule has 0 aliphatic heterocycles. The van der Waals surface area contributed by atoms with E-state index in [1.807, 2.05) is 29.6 Å². The third-order valence-corrected chi connectivity index (χ3v) is 4.02. The van der Waals surface area contributed by atoms with E-state index in [2.05, 4.69) is 10.3 Å². The first-order chi connectivity index (χ1) is 10.2. The van der Waals surface area contributed by atoms with Crippen LogP contribution in [0.5, 0.6) is 0 Å². The van der Waals surface area contributed by atoms with Gasteiger partial charge in [-0.2, -0.15) is 0 Å². The number of nitrogens with one attached hydrogen (secondary N) is 1. The predicted molar refractivity (Wildman–Crippen MR) is 85.8 cm³/mol. The molecular formula is C15H17ClN2O2S. The van der Waals surface area contributed by atoms with Crippen LogP contribution in [0.15, 0.2) is 29.6 Å². The average Bonchev–Trinajstić information content (AvgIpc) is 2.93. The topological polar surface area (TPSA) is 51.2 Å². The van der Waals surface area contributed by atoms with Gasteiger partial charge in [-0.1, -0.05) is 23.7 Å². The highest BCUT2D eigenvalue weighted by molar-refractivity contribution is 7.13. The second-order valence-corrected chi connectivity index (χ2v) is 5.82. The lowest BCUT2D eigenvalue weighted by Gasteiger charge is -2.03. The summed E-state index contributed by atoms with van der Waals surface area (Å²) in [5.41, 5.74) is 1.80. The fraction of sp³-hybridized carbons (Fsp3) is 0.333. The number of benzene rings is 1. The molecule has 1 amide bonds. The van der Waals surface area contributed by atoms with Gasteiger partial charge in [-0.25, -0.2) is 4.98 Å². The number of carbonyl (C=O) groups excluding carboxylic acids is 1. The van der Waals surface area contributed by atoms with E-state index >= 15 is 0 Å². The maximum atomic E-state index is 11.8. The molecule has 0 unspecified atom stereocenters. The molecule has 0 fully saturated rings. The van der Waals surface area contributed by atoms with Gasteiger partial charge in [-0.15, -0.1) is 11.3 Å². The molecule has 2 rings (SSSR count). The summed E-state index contributed by atoms with van der Waals surface area (Å²) in [6.07, 6.45) is 1.12. The zero-order valence-electron chi connectivity index (χ0n) is 11.8. The lowest BCUT2D eigenvalue weighted by atomic mass is 10.2. The monoisotopic (exact) mass is 324 g/mol. The van der Waals surface area contributed by atoms with E-state index in [-0.39, 0.29) is 5.91 Å². The molecule has 2 aromatic rings. The summed E-state index contributed by atoms with van der Waals surface area (Å²) in [4.78, 5) is 16.2. The summed E-state index contributed by atoms with van der Waals surface area (Å²) >= 11 is 7.39. The van der Waals surface area contributed by atoms with Crippen LogP contribution in [0.3, 0.4) is 0 Å². The molecule has 4 nitrogen and oxygen atoms in total. The Hall–Kier alpha value is -1.43. The molecule has 0 aliphatic carbocycles. The minimum Gasteiger partial charge on any atom is -0.385 e. The average molecular weight is 325 g/mol. The summed E-state index contributed by atoms with van der Waals surface area (Å²) in [5, 5.41) is 6.36. The molecule has 112 valence electrons. The third kappa shape index (κ3) is 5.12. The SMILES string of the molecule is COCCCNC(=O)Cc1csc(-c2ccc(Cl)cc2)n1. The van der Waals surface area contributed by atoms with E-state index in [1.54, 1.807) is 7.11 Å². The van der Waals surface area contributed by atoms with Crippen molar-refractivity contribution < 1.29 is 9.53 Å². The van der Waals surface area contributed by atoms with E-state index in [0.717, 1.165) is 22.7 Å². The van der Waals surface area contributed by atoms with Gasteiger partial charge in [0.2, 0.25) is 5.91 Å². The minimum atomic E-state index is -0.0148. The Kier molecular flexibility index (Phi) is 6.17. The van der Waals surface area contributed by atoms with E-state index in [4.69, 9.17) is 16.3 Å². The second-order valence-electron chi connectivity index (χ2n) is 4.52. The van der Waals surface area contributed by atoms with Crippen LogP contribution < -0.4 is 5.32 Å². The first kappa shape index (κ1) is 15.9. The van der Waals surface area contributed by atoms with Crippen molar-refractivity contribution in [2.24, 2.45) is 0 Å². The number of aromatic nitrogens is 1. The fourth-order valence-corrected chi connectivity index (χ4v) is 2.74. The summed E-state index contributed by atoms with van der Waals surface area (Å²) < 4.78 is 4.93. The summed E-state index contributed by atoms with van der Waals surface area (Å²) in [6, 6.07) is 7.52. The lowest BCUT2D eigenvalue weighted by Crippen LogP contribution is -2.26. The zero-order chi connectivity index (χ0) is 15.1. The van der Waals surface area contributed by atoms with Crippen LogP contribution in [0.25, 0.3) is 10.6 Å². The van der Waals surface area contributed by atoms with Crippen LogP contribution in [0, 0.1) is 0 Å². The van der Waals surface area contributed by atoms with E-state index < -0.39 is 0 Å². The van der Waals surface area contributed by atoms with Crippen LogP contribution >= 0.6 is 22.9 Å². The molecule has 0 atom stereocenters. The summed E-state index contributed by atoms with van der Waals surface area (Å²) in [6.45, 7) is 1.28. The van der Waals surface area contributed by atoms with Crippen molar-refractivity contribution in [2.75, 3.05) is 20.3 Å². The molecule has 0 bridgehead atoms. The van der Waals surface area contributed by atoms with Crippen molar-refractivity contribution in [3.05, 3.63) is 40.4 Å². The molecule has 1 aromatic heterocycles. The number of nitrogens with zero attached hydrogens (tertiary/aromatic N) is 1. The van der Waals surface area contributed by atoms with Crippen LogP contribution in [0.4, 0.5) is 0 Å². The van der Waals surface area contributed by atoms with Gasteiger partial charge in [-0.3, -0.25) is 4.79 Å². The highest BCUT2D eigenvalue weighted by Gasteiger charge is 2.08. The van der Waals surface area contributed by atoms with Crippen molar-refractivity contribution in [1.29, 1.82) is 0 Å². The molecule has 21 heavy (non-hydrogen) atoms. The van der Waals surface area contributed by atoms with Gasteiger partial charge in [-0.05, 0) is 18.6 Å². The molecule has 0 saturated carbocycles. The van der Waals surface area contributed by atoms with Gasteiger partial charge in [0.1, 0.15) is 5.01 Å². The number of hydrogen-bond acceptors (Lipinski definition) is 4. The standard InChI is InChI=1S/C15H17ClN2O2S/c1-20-8-2-7-17-14(19)9-13-10-21-15(18-13)11-3-5-12(16)6-4-11/h3-6,10H,2,7-9H2,1H3,(H,17,19). The number of methoxy groups -OCH3 is 1. The molecule has 0 radical (unpaired) electrons. The Morgan fingerprint density at radius 3 is 2.86 bits per heavy atom. The van der Waals surface area contributed by atoms with Crippen molar-refractivity contribution in [3.8, 4) is 10.6 Å². The number of thiazole rings is 1. The van der Waals surface area contributed by atoms with Crippen LogP contribution in [-0.4, -0.2) is 31.2 Å². The van der Waals surface area contributed by atoms with Crippen molar-refractivity contribution in [1.82, 2.24) is 10.3 Å². The zero-order valence-corrected chi connectivity index (χ0v) is 13.3. The van der Waals surface area contributed by atoms with Crippen LogP contribution in [0.2, 0.25) is 5.02 Å². The first-order valence-corrected chi connectivity index (χ1v) is 7.91. The Morgan fingerprint density at radius 2 is 2.14 bits per heavy atom. The van der Waals surface area contributed by atoms with Crippen molar-refractivity contribution >= 4 is 28.8 Å². The number of amides is 1. The fourth-order valence-electron chi connectivity index (χ4n) is 1.78. The second kappa shape index (κ2) is 8.12. The van der Waals surface area contributed by atoms with E-state index in [0.29, 0.717) is 24.6 Å². The number of rotatable bonds is 7. The largest absolute Gasteiger partial charge is 0.385 e. The maximum absolute atomic E-state index is 11.8. The minimum absolute atomic E-state index is 0.0148. The first-order valence-electron chi connectivity index (χ1n) is 6.65. The number of ether oxygens (including phenoxy) is 1. The molecule has 0 saturated heterocycles. The van der Waals surface area contributed by atoms with Gasteiger partial charge in [0.15, 0.2) is 0 Å². The van der Waals surface area contributed by atoms with Gasteiger partial charge in [0.05, 0.1) is 12.1 Å². The van der Waals surface area contributed by atoms with Crippen molar-refractivity contribution in [3.63, 3.8) is 0 Å². The quantitative estimate of drug-likeness (QED) is 0.796. The Bertz CT molecular complexity index is 584. The molecule has 1 heterocycles. The molecular weight excluding hydrogens is 308 g/mol. The molecule has 1 aromatic carbocycles. The Morgan fingerprint density at radius 1 is 1.38 bits per heavy atom. The Balaban J connectivity index is 1.88. The molecule has 0 spiro atoms. The van der Waals surface area contributed by atoms with Gasteiger partial charge in [0.25, 0.3) is 0 Å². The summed E-state index contributed by atoms with van der Waals surface area (Å²) in [7, 11) is 1.65. The Labute approximate surface area is 133 Å². The van der Waals surface area contributed by atoms with Crippen molar-refractivity contribution in [2.45, 2.75) is 12.8 Å². The molecule has 6 heteroatoms. The number of carbonyl (C=O) groups is 1. The smallest absolute Gasteiger partial charge is 0.226 e. The summed E-state index contributed by atoms with van der Waals surface area (Å²) in [5.74, 6) is -0.0148. The number of hydrogen-bond donors (Lipinski definition) is 1. The molecule has 0 aliphatic rings. The lowest BCUT2D eigenvalue weighted by molar-refractivity contribution is -0.120. The molecule has 1 N–H and O–H groups in total.